The molecule has 2 heterocycles. The lowest BCUT2D eigenvalue weighted by molar-refractivity contribution is -0.139. The van der Waals surface area contributed by atoms with Gasteiger partial charge in [0.15, 0.2) is 5.60 Å². The predicted octanol–water partition coefficient (Wildman–Crippen LogP) is 0.743. The zero-order valence-corrected chi connectivity index (χ0v) is 9.78. The number of rotatable bonds is 2. The standard InChI is InChI=1S/C11H18N2O3/c1-8(2)7-13-9(14)11(16-10(13)15)3-5-12-6-4-11/h8,12H,3-7H2,1-2H3. The number of amides is 2. The highest BCUT2D eigenvalue weighted by atomic mass is 16.6. The van der Waals surface area contributed by atoms with Crippen molar-refractivity contribution >= 4 is 12.0 Å². The van der Waals surface area contributed by atoms with E-state index < -0.39 is 11.7 Å². The molecule has 5 heteroatoms. The minimum atomic E-state index is -0.864. The Labute approximate surface area is 95.1 Å². The van der Waals surface area contributed by atoms with Gasteiger partial charge < -0.3 is 10.1 Å². The normalized spacial score (nSPS) is 24.3. The van der Waals surface area contributed by atoms with Gasteiger partial charge in [-0.15, -0.1) is 0 Å². The first-order chi connectivity index (χ1) is 7.55. The fraction of sp³-hybridized carbons (Fsp3) is 0.818. The Morgan fingerprint density at radius 1 is 1.38 bits per heavy atom. The number of ether oxygens (including phenoxy) is 1. The van der Waals surface area contributed by atoms with Crippen LogP contribution in [0.4, 0.5) is 4.79 Å². The molecule has 2 saturated heterocycles. The molecule has 1 spiro atoms. The number of carbonyl (C=O) groups excluding carboxylic acids is 2. The molecule has 1 N–H and O–H groups in total. The van der Waals surface area contributed by atoms with Crippen LogP contribution in [0.1, 0.15) is 26.7 Å². The minimum absolute atomic E-state index is 0.146. The second-order valence-electron chi connectivity index (χ2n) is 4.92. The highest BCUT2D eigenvalue weighted by Gasteiger charge is 2.53. The molecule has 2 fully saturated rings. The van der Waals surface area contributed by atoms with E-state index in [0.717, 1.165) is 13.1 Å². The summed E-state index contributed by atoms with van der Waals surface area (Å²) in [5, 5.41) is 3.16. The number of nitrogens with one attached hydrogen (secondary N) is 1. The Kier molecular flexibility index (Phi) is 2.88. The fourth-order valence-corrected chi connectivity index (χ4v) is 2.26. The number of carbonyl (C=O) groups is 2. The molecule has 0 aromatic rings. The van der Waals surface area contributed by atoms with Crippen molar-refractivity contribution in [2.45, 2.75) is 32.3 Å². The molecule has 2 aliphatic rings. The second-order valence-corrected chi connectivity index (χ2v) is 4.92. The van der Waals surface area contributed by atoms with Gasteiger partial charge in [-0.2, -0.15) is 0 Å². The molecule has 0 unspecified atom stereocenters. The van der Waals surface area contributed by atoms with E-state index in [1.165, 1.54) is 4.90 Å². The van der Waals surface area contributed by atoms with Crippen LogP contribution in [0.25, 0.3) is 0 Å². The van der Waals surface area contributed by atoms with E-state index in [1.807, 2.05) is 13.8 Å². The lowest BCUT2D eigenvalue weighted by Crippen LogP contribution is -2.49. The topological polar surface area (TPSA) is 58.6 Å². The molecule has 2 aliphatic heterocycles. The zero-order chi connectivity index (χ0) is 11.8. The van der Waals surface area contributed by atoms with Crippen molar-refractivity contribution in [1.82, 2.24) is 10.2 Å². The second kappa shape index (κ2) is 4.05. The maximum absolute atomic E-state index is 12.2. The van der Waals surface area contributed by atoms with E-state index >= 15 is 0 Å². The van der Waals surface area contributed by atoms with Gasteiger partial charge in [0.2, 0.25) is 0 Å². The Morgan fingerprint density at radius 3 is 2.56 bits per heavy atom. The van der Waals surface area contributed by atoms with Crippen molar-refractivity contribution in [3.8, 4) is 0 Å². The number of imide groups is 1. The third-order valence-electron chi connectivity index (χ3n) is 3.10. The average molecular weight is 226 g/mol. The van der Waals surface area contributed by atoms with Gasteiger partial charge in [-0.1, -0.05) is 13.8 Å². The van der Waals surface area contributed by atoms with Crippen LogP contribution in [-0.2, 0) is 9.53 Å². The van der Waals surface area contributed by atoms with Crippen LogP contribution in [0, 0.1) is 5.92 Å². The SMILES string of the molecule is CC(C)CN1C(=O)OC2(CCNCC2)C1=O. The first kappa shape index (κ1) is 11.4. The van der Waals surface area contributed by atoms with Crippen LogP contribution in [0.5, 0.6) is 0 Å². The van der Waals surface area contributed by atoms with Gasteiger partial charge in [-0.3, -0.25) is 4.79 Å². The molecule has 0 bridgehead atoms. The molecule has 0 atom stereocenters. The van der Waals surface area contributed by atoms with Crippen LogP contribution in [0.3, 0.4) is 0 Å². The van der Waals surface area contributed by atoms with Crippen LogP contribution >= 0.6 is 0 Å². The Morgan fingerprint density at radius 2 is 2.00 bits per heavy atom. The Bertz CT molecular complexity index is 308. The summed E-state index contributed by atoms with van der Waals surface area (Å²) in [5.41, 5.74) is -0.864. The molecular weight excluding hydrogens is 208 g/mol. The van der Waals surface area contributed by atoms with Gasteiger partial charge in [0.05, 0.1) is 0 Å². The molecule has 0 aromatic carbocycles. The highest BCUT2D eigenvalue weighted by molar-refractivity contribution is 6.03. The summed E-state index contributed by atoms with van der Waals surface area (Å²) in [5.74, 6) is 0.126. The molecular formula is C11H18N2O3. The molecule has 5 nitrogen and oxygen atoms in total. The zero-order valence-electron chi connectivity index (χ0n) is 9.78. The van der Waals surface area contributed by atoms with E-state index in [9.17, 15) is 9.59 Å². The van der Waals surface area contributed by atoms with Gasteiger partial charge in [-0.25, -0.2) is 9.69 Å². The summed E-state index contributed by atoms with van der Waals surface area (Å²) in [6.45, 7) is 5.87. The molecule has 2 amide bonds. The quantitative estimate of drug-likeness (QED) is 0.754. The first-order valence-electron chi connectivity index (χ1n) is 5.81. The highest BCUT2D eigenvalue weighted by Crippen LogP contribution is 2.32. The molecule has 0 aromatic heterocycles. The first-order valence-corrected chi connectivity index (χ1v) is 5.81. The van der Waals surface area contributed by atoms with Crippen LogP contribution < -0.4 is 5.32 Å². The molecule has 2 rings (SSSR count). The summed E-state index contributed by atoms with van der Waals surface area (Å²) in [6, 6.07) is 0. The van der Waals surface area contributed by atoms with Crippen molar-refractivity contribution in [3.63, 3.8) is 0 Å². The molecule has 0 saturated carbocycles. The van der Waals surface area contributed by atoms with Crippen molar-refractivity contribution < 1.29 is 14.3 Å². The van der Waals surface area contributed by atoms with E-state index in [0.29, 0.717) is 19.4 Å². The minimum Gasteiger partial charge on any atom is -0.432 e. The van der Waals surface area contributed by atoms with E-state index in [2.05, 4.69) is 5.32 Å². The Hall–Kier alpha value is -1.10. The smallest absolute Gasteiger partial charge is 0.417 e. The summed E-state index contributed by atoms with van der Waals surface area (Å²) >= 11 is 0. The van der Waals surface area contributed by atoms with Gasteiger partial charge >= 0.3 is 6.09 Å². The van der Waals surface area contributed by atoms with Crippen LogP contribution in [-0.4, -0.2) is 42.1 Å². The summed E-state index contributed by atoms with van der Waals surface area (Å²) in [4.78, 5) is 25.1. The molecule has 0 aliphatic carbocycles. The van der Waals surface area contributed by atoms with Crippen LogP contribution in [0.2, 0.25) is 0 Å². The summed E-state index contributed by atoms with van der Waals surface area (Å²) in [7, 11) is 0. The lowest BCUT2D eigenvalue weighted by Gasteiger charge is -2.29. The van der Waals surface area contributed by atoms with Gasteiger partial charge in [0.1, 0.15) is 0 Å². The molecule has 16 heavy (non-hydrogen) atoms. The third-order valence-corrected chi connectivity index (χ3v) is 3.10. The van der Waals surface area contributed by atoms with Crippen molar-refractivity contribution in [1.29, 1.82) is 0 Å². The van der Waals surface area contributed by atoms with Crippen molar-refractivity contribution in [2.24, 2.45) is 5.92 Å². The average Bonchev–Trinajstić information content (AvgIpc) is 2.44. The molecule has 0 radical (unpaired) electrons. The Balaban J connectivity index is 2.14. The fourth-order valence-electron chi connectivity index (χ4n) is 2.26. The molecule has 90 valence electrons. The van der Waals surface area contributed by atoms with Gasteiger partial charge in [0.25, 0.3) is 5.91 Å². The largest absolute Gasteiger partial charge is 0.432 e. The van der Waals surface area contributed by atoms with Crippen molar-refractivity contribution in [3.05, 3.63) is 0 Å². The monoisotopic (exact) mass is 226 g/mol. The summed E-state index contributed by atoms with van der Waals surface area (Å²) < 4.78 is 5.31. The third kappa shape index (κ3) is 1.80. The van der Waals surface area contributed by atoms with E-state index in [4.69, 9.17) is 4.74 Å². The van der Waals surface area contributed by atoms with Crippen LogP contribution in [0.15, 0.2) is 0 Å². The maximum Gasteiger partial charge on any atom is 0.417 e. The number of piperidine rings is 1. The number of hydrogen-bond donors (Lipinski definition) is 1. The van der Waals surface area contributed by atoms with E-state index in [-0.39, 0.29) is 11.8 Å². The maximum atomic E-state index is 12.2. The van der Waals surface area contributed by atoms with Crippen molar-refractivity contribution in [2.75, 3.05) is 19.6 Å². The van der Waals surface area contributed by atoms with Gasteiger partial charge in [-0.05, 0) is 19.0 Å². The lowest BCUT2D eigenvalue weighted by atomic mass is 9.91. The number of hydrogen-bond acceptors (Lipinski definition) is 4. The van der Waals surface area contributed by atoms with Gasteiger partial charge in [0, 0.05) is 19.4 Å². The van der Waals surface area contributed by atoms with E-state index in [1.54, 1.807) is 0 Å². The number of nitrogens with zero attached hydrogens (tertiary/aromatic N) is 1. The summed E-state index contributed by atoms with van der Waals surface area (Å²) in [6.07, 6.45) is 0.707. The predicted molar refractivity (Wildman–Crippen MR) is 57.9 cm³/mol.